The van der Waals surface area contributed by atoms with E-state index in [1.807, 2.05) is 24.7 Å². The Balaban J connectivity index is 1.53. The quantitative estimate of drug-likeness (QED) is 0.204. The summed E-state index contributed by atoms with van der Waals surface area (Å²) in [6.07, 6.45) is 5.66. The smallest absolute Gasteiger partial charge is 0.146 e. The second kappa shape index (κ2) is 8.44. The van der Waals surface area contributed by atoms with Crippen LogP contribution in [0.4, 0.5) is 0 Å². The van der Waals surface area contributed by atoms with Crippen LogP contribution in [-0.2, 0) is 0 Å². The summed E-state index contributed by atoms with van der Waals surface area (Å²) < 4.78 is 2.31. The van der Waals surface area contributed by atoms with Crippen LogP contribution < -0.4 is 15.9 Å². The number of para-hydroxylation sites is 3. The molecule has 0 radical (unpaired) electrons. The molecular formula is C33H21N4P. The van der Waals surface area contributed by atoms with E-state index in [0.717, 1.165) is 33.0 Å². The molecule has 0 saturated heterocycles. The van der Waals surface area contributed by atoms with Gasteiger partial charge in [-0.25, -0.2) is 4.98 Å². The van der Waals surface area contributed by atoms with Crippen molar-refractivity contribution in [2.75, 3.05) is 0 Å². The summed E-state index contributed by atoms with van der Waals surface area (Å²) in [5, 5.41) is 8.64. The zero-order valence-electron chi connectivity index (χ0n) is 20.4. The highest BCUT2D eigenvalue weighted by Gasteiger charge is 2.23. The lowest BCUT2D eigenvalue weighted by Gasteiger charge is -2.22. The average molecular weight is 505 g/mol. The molecule has 4 heterocycles. The molecule has 0 aliphatic heterocycles. The number of rotatable bonds is 3. The fourth-order valence-electron chi connectivity index (χ4n) is 5.64. The summed E-state index contributed by atoms with van der Waals surface area (Å²) in [5.41, 5.74) is 5.31. The summed E-state index contributed by atoms with van der Waals surface area (Å²) >= 11 is 0. The Morgan fingerprint density at radius 1 is 0.579 bits per heavy atom. The Hall–Kier alpha value is -4.66. The Kier molecular flexibility index (Phi) is 4.76. The maximum Gasteiger partial charge on any atom is 0.146 e. The van der Waals surface area contributed by atoms with E-state index < -0.39 is 7.92 Å². The van der Waals surface area contributed by atoms with E-state index in [4.69, 9.17) is 4.98 Å². The summed E-state index contributed by atoms with van der Waals surface area (Å²) in [6.45, 7) is 0. The van der Waals surface area contributed by atoms with Gasteiger partial charge in [0.2, 0.25) is 0 Å². The predicted octanol–water partition coefficient (Wildman–Crippen LogP) is 6.50. The van der Waals surface area contributed by atoms with Gasteiger partial charge in [-0.1, -0.05) is 66.7 Å². The number of hydrogen-bond acceptors (Lipinski definition) is 3. The van der Waals surface area contributed by atoms with Gasteiger partial charge in [-0.15, -0.1) is 0 Å². The molecular weight excluding hydrogens is 483 g/mol. The normalized spacial score (nSPS) is 12.6. The van der Waals surface area contributed by atoms with Crippen LogP contribution in [-0.4, -0.2) is 19.4 Å². The molecule has 0 bridgehead atoms. The summed E-state index contributed by atoms with van der Waals surface area (Å²) in [4.78, 5) is 14.1. The molecule has 1 unspecified atom stereocenters. The summed E-state index contributed by atoms with van der Waals surface area (Å²) in [5.74, 6) is 0. The monoisotopic (exact) mass is 504 g/mol. The van der Waals surface area contributed by atoms with Crippen molar-refractivity contribution < 1.29 is 0 Å². The van der Waals surface area contributed by atoms with Crippen molar-refractivity contribution in [1.82, 2.24) is 19.4 Å². The zero-order valence-corrected chi connectivity index (χ0v) is 21.3. The number of benzene rings is 4. The lowest BCUT2D eigenvalue weighted by molar-refractivity contribution is 1.32. The third-order valence-electron chi connectivity index (χ3n) is 7.27. The van der Waals surface area contributed by atoms with E-state index >= 15 is 0 Å². The molecule has 0 aliphatic rings. The van der Waals surface area contributed by atoms with Gasteiger partial charge >= 0.3 is 0 Å². The Labute approximate surface area is 220 Å². The SMILES string of the molecule is c1cnc2cc(P(c3ccncc3)c3cccc4c3c3ccccc3n3c5ccccc5nc43)ccc2c1. The molecule has 0 amide bonds. The Bertz CT molecular complexity index is 2150. The van der Waals surface area contributed by atoms with Gasteiger partial charge in [-0.3, -0.25) is 14.4 Å². The molecule has 178 valence electrons. The third-order valence-corrected chi connectivity index (χ3v) is 9.73. The van der Waals surface area contributed by atoms with E-state index in [0.29, 0.717) is 0 Å². The first-order valence-corrected chi connectivity index (χ1v) is 14.0. The van der Waals surface area contributed by atoms with Crippen LogP contribution in [0.5, 0.6) is 0 Å². The van der Waals surface area contributed by atoms with Crippen molar-refractivity contribution in [3.8, 4) is 0 Å². The van der Waals surface area contributed by atoms with E-state index in [1.165, 1.54) is 32.2 Å². The molecule has 4 aromatic carbocycles. The van der Waals surface area contributed by atoms with Gasteiger partial charge < -0.3 is 0 Å². The molecule has 0 fully saturated rings. The molecule has 4 nitrogen and oxygen atoms in total. The Morgan fingerprint density at radius 2 is 1.39 bits per heavy atom. The molecule has 38 heavy (non-hydrogen) atoms. The van der Waals surface area contributed by atoms with Gasteiger partial charge in [0.1, 0.15) is 5.65 Å². The van der Waals surface area contributed by atoms with Gasteiger partial charge in [0.25, 0.3) is 0 Å². The second-order valence-electron chi connectivity index (χ2n) is 9.40. The minimum absolute atomic E-state index is 0.888. The van der Waals surface area contributed by atoms with Crippen LogP contribution in [0, 0.1) is 0 Å². The van der Waals surface area contributed by atoms with Crippen molar-refractivity contribution in [3.05, 3.63) is 128 Å². The lowest BCUT2D eigenvalue weighted by Crippen LogP contribution is -2.22. The fourth-order valence-corrected chi connectivity index (χ4v) is 8.10. The number of imidazole rings is 1. The van der Waals surface area contributed by atoms with Gasteiger partial charge in [0.15, 0.2) is 0 Å². The molecule has 0 N–H and O–H groups in total. The van der Waals surface area contributed by atoms with Crippen LogP contribution >= 0.6 is 7.92 Å². The van der Waals surface area contributed by atoms with Gasteiger partial charge in [-0.05, 0) is 66.3 Å². The zero-order chi connectivity index (χ0) is 25.1. The van der Waals surface area contributed by atoms with Crippen LogP contribution in [0.25, 0.3) is 49.3 Å². The van der Waals surface area contributed by atoms with Crippen LogP contribution in [0.1, 0.15) is 0 Å². The molecule has 5 heteroatoms. The van der Waals surface area contributed by atoms with Crippen LogP contribution in [0.3, 0.4) is 0 Å². The highest BCUT2D eigenvalue weighted by molar-refractivity contribution is 7.80. The first kappa shape index (κ1) is 21.4. The highest BCUT2D eigenvalue weighted by atomic mass is 31.1. The first-order valence-electron chi connectivity index (χ1n) is 12.6. The Morgan fingerprint density at radius 3 is 2.32 bits per heavy atom. The second-order valence-corrected chi connectivity index (χ2v) is 11.6. The predicted molar refractivity (Wildman–Crippen MR) is 160 cm³/mol. The van der Waals surface area contributed by atoms with Crippen molar-refractivity contribution in [3.63, 3.8) is 0 Å². The fraction of sp³-hybridized carbons (Fsp3) is 0. The van der Waals surface area contributed by atoms with Crippen molar-refractivity contribution >= 4 is 73.1 Å². The maximum absolute atomic E-state index is 5.13. The van der Waals surface area contributed by atoms with E-state index in [2.05, 4.69) is 117 Å². The summed E-state index contributed by atoms with van der Waals surface area (Å²) in [6, 6.07) is 38.9. The van der Waals surface area contributed by atoms with Crippen molar-refractivity contribution in [2.24, 2.45) is 0 Å². The topological polar surface area (TPSA) is 43.1 Å². The molecule has 0 aliphatic carbocycles. The van der Waals surface area contributed by atoms with E-state index in [-0.39, 0.29) is 0 Å². The number of hydrogen-bond donors (Lipinski definition) is 0. The minimum atomic E-state index is -0.888. The van der Waals surface area contributed by atoms with E-state index in [9.17, 15) is 0 Å². The largest absolute Gasteiger partial charge is 0.292 e. The summed E-state index contributed by atoms with van der Waals surface area (Å²) in [7, 11) is -0.888. The minimum Gasteiger partial charge on any atom is -0.292 e. The number of pyridine rings is 3. The van der Waals surface area contributed by atoms with Gasteiger partial charge in [-0.2, -0.15) is 0 Å². The molecule has 8 aromatic rings. The van der Waals surface area contributed by atoms with Crippen molar-refractivity contribution in [2.45, 2.75) is 0 Å². The van der Waals surface area contributed by atoms with E-state index in [1.54, 1.807) is 0 Å². The van der Waals surface area contributed by atoms with Crippen LogP contribution in [0.2, 0.25) is 0 Å². The average Bonchev–Trinajstić information content (AvgIpc) is 3.38. The maximum atomic E-state index is 5.13. The van der Waals surface area contributed by atoms with Crippen molar-refractivity contribution in [1.29, 1.82) is 0 Å². The molecule has 1 atom stereocenters. The first-order chi connectivity index (χ1) is 18.9. The number of aromatic nitrogens is 4. The standard InChI is InChI=1S/C33H21N4P/c1-3-11-29-25(8-1)32-26(33-36-27-10-2-4-12-30(27)37(29)33)9-5-13-31(32)38(23-16-19-34-20-17-23)24-15-14-22-7-6-18-35-28(22)21-24/h1-21H. The molecule has 0 spiro atoms. The molecule has 8 rings (SSSR count). The van der Waals surface area contributed by atoms with Crippen LogP contribution in [0.15, 0.2) is 128 Å². The van der Waals surface area contributed by atoms with Gasteiger partial charge in [0.05, 0.1) is 22.1 Å². The number of nitrogens with zero attached hydrogens (tertiary/aromatic N) is 4. The molecule has 4 aromatic heterocycles. The number of fused-ring (bicyclic) bond motifs is 9. The lowest BCUT2D eigenvalue weighted by atomic mass is 10.1. The highest BCUT2D eigenvalue weighted by Crippen LogP contribution is 2.40. The van der Waals surface area contributed by atoms with Gasteiger partial charge in [0, 0.05) is 40.1 Å². The molecule has 0 saturated carbocycles. The third kappa shape index (κ3) is 3.17.